The number of hydrogen-bond donors (Lipinski definition) is 3. The van der Waals surface area contributed by atoms with Crippen LogP contribution in [-0.2, 0) is 16.1 Å². The van der Waals surface area contributed by atoms with E-state index in [1.165, 1.54) is 19.2 Å². The number of anilines is 1. The fourth-order valence-electron chi connectivity index (χ4n) is 5.15. The molecule has 3 amide bonds. The summed E-state index contributed by atoms with van der Waals surface area (Å²) in [6, 6.07) is 3.93. The Morgan fingerprint density at radius 1 is 1.07 bits per heavy atom. The zero-order valence-corrected chi connectivity index (χ0v) is 24.9. The predicted octanol–water partition coefficient (Wildman–Crippen LogP) is 4.89. The number of nitrogens with zero attached hydrogens (tertiary/aromatic N) is 3. The van der Waals surface area contributed by atoms with Crippen molar-refractivity contribution >= 4 is 23.4 Å². The summed E-state index contributed by atoms with van der Waals surface area (Å²) >= 11 is 0. The number of carbonyl (C=O) groups is 3. The number of hydrogen-bond acceptors (Lipinski definition) is 5. The second-order valence-electron chi connectivity index (χ2n) is 11.9. The third kappa shape index (κ3) is 8.21. The second kappa shape index (κ2) is 12.9. The van der Waals surface area contributed by atoms with Gasteiger partial charge in [0.05, 0.1) is 11.6 Å². The summed E-state index contributed by atoms with van der Waals surface area (Å²) in [7, 11) is 3.49. The van der Waals surface area contributed by atoms with Crippen molar-refractivity contribution in [3.8, 4) is 0 Å². The van der Waals surface area contributed by atoms with E-state index in [1.807, 2.05) is 19.2 Å². The molecule has 0 radical (unpaired) electrons. The van der Waals surface area contributed by atoms with Gasteiger partial charge in [0.1, 0.15) is 23.8 Å². The van der Waals surface area contributed by atoms with Crippen molar-refractivity contribution in [2.45, 2.75) is 71.1 Å². The molecule has 1 aromatic carbocycles. The molecule has 1 heterocycles. The standard InChI is InChI=1S/C30H38F4N6O3/c1-16(2)40-24(10-11-36-40)28(42)38-26(25(18-6-7-18)19-8-9-19)29(43)37-23-12-20(14-39(4)5)21(13-22(23)31)17(3)27(41)35-15-30(32,33)34/h10-13,16-19H,6-9,14-15H2,1-5H3,(H,35,41)(H,37,43)(H,38,42)/t17-/m0/s1. The highest BCUT2D eigenvalue weighted by Gasteiger charge is 2.41. The Hall–Kier alpha value is -3.74. The minimum absolute atomic E-state index is 0.0935. The van der Waals surface area contributed by atoms with Crippen LogP contribution in [-0.4, -0.2) is 59.2 Å². The van der Waals surface area contributed by atoms with Gasteiger partial charge in [-0.15, -0.1) is 0 Å². The maximum atomic E-state index is 15.5. The van der Waals surface area contributed by atoms with Crippen LogP contribution >= 0.6 is 0 Å². The molecule has 2 aromatic rings. The van der Waals surface area contributed by atoms with Crippen molar-refractivity contribution in [1.29, 1.82) is 0 Å². The molecule has 2 aliphatic carbocycles. The first kappa shape index (κ1) is 32.2. The first-order chi connectivity index (χ1) is 20.2. The Kier molecular flexibility index (Phi) is 9.63. The molecule has 2 fully saturated rings. The van der Waals surface area contributed by atoms with Crippen molar-refractivity contribution in [3.63, 3.8) is 0 Å². The van der Waals surface area contributed by atoms with E-state index < -0.39 is 42.2 Å². The van der Waals surface area contributed by atoms with Crippen LogP contribution in [0.1, 0.15) is 80.0 Å². The zero-order valence-electron chi connectivity index (χ0n) is 24.9. The number of carbonyl (C=O) groups excluding carboxylic acids is 3. The molecular weight excluding hydrogens is 568 g/mol. The molecule has 0 saturated heterocycles. The summed E-state index contributed by atoms with van der Waals surface area (Å²) in [6.45, 7) is 3.88. The summed E-state index contributed by atoms with van der Waals surface area (Å²) in [5, 5.41) is 11.5. The van der Waals surface area contributed by atoms with Gasteiger partial charge in [0, 0.05) is 18.8 Å². The summed E-state index contributed by atoms with van der Waals surface area (Å²) in [4.78, 5) is 41.4. The Morgan fingerprint density at radius 3 is 2.23 bits per heavy atom. The number of allylic oxidation sites excluding steroid dienone is 1. The normalized spacial score (nSPS) is 15.8. The van der Waals surface area contributed by atoms with Crippen LogP contribution in [0.15, 0.2) is 35.7 Å². The summed E-state index contributed by atoms with van der Waals surface area (Å²) in [5.41, 5.74) is 1.74. The second-order valence-corrected chi connectivity index (χ2v) is 11.9. The number of benzene rings is 1. The smallest absolute Gasteiger partial charge is 0.346 e. The third-order valence-electron chi connectivity index (χ3n) is 7.47. The van der Waals surface area contributed by atoms with Crippen molar-refractivity contribution < 1.29 is 31.9 Å². The molecule has 0 aliphatic heterocycles. The van der Waals surface area contributed by atoms with Crippen molar-refractivity contribution in [2.75, 3.05) is 26.0 Å². The molecule has 2 aliphatic rings. The number of amides is 3. The molecule has 0 bridgehead atoms. The highest BCUT2D eigenvalue weighted by Crippen LogP contribution is 2.50. The number of rotatable bonds is 12. The van der Waals surface area contributed by atoms with Crippen LogP contribution in [0.5, 0.6) is 0 Å². The van der Waals surface area contributed by atoms with Gasteiger partial charge in [0.25, 0.3) is 11.8 Å². The van der Waals surface area contributed by atoms with Crippen molar-refractivity contribution in [1.82, 2.24) is 25.3 Å². The number of halogens is 4. The lowest BCUT2D eigenvalue weighted by Gasteiger charge is -2.22. The van der Waals surface area contributed by atoms with Crippen molar-refractivity contribution in [2.24, 2.45) is 11.8 Å². The number of aromatic nitrogens is 2. The molecule has 2 saturated carbocycles. The molecule has 4 rings (SSSR count). The molecule has 3 N–H and O–H groups in total. The van der Waals surface area contributed by atoms with Crippen molar-refractivity contribution in [3.05, 3.63) is 58.3 Å². The third-order valence-corrected chi connectivity index (χ3v) is 7.47. The minimum atomic E-state index is -4.59. The van der Waals surface area contributed by atoms with Gasteiger partial charge in [-0.2, -0.15) is 18.3 Å². The molecule has 234 valence electrons. The van der Waals surface area contributed by atoms with Crippen LogP contribution in [0.25, 0.3) is 0 Å². The fraction of sp³-hybridized carbons (Fsp3) is 0.533. The molecule has 13 heteroatoms. The van der Waals surface area contributed by atoms with Crippen LogP contribution in [0.3, 0.4) is 0 Å². The maximum absolute atomic E-state index is 15.5. The van der Waals surface area contributed by atoms with Gasteiger partial charge in [0.15, 0.2) is 0 Å². The topological polar surface area (TPSA) is 108 Å². The molecule has 1 atom stereocenters. The van der Waals surface area contributed by atoms with E-state index in [9.17, 15) is 27.6 Å². The van der Waals surface area contributed by atoms with Crippen LogP contribution in [0.2, 0.25) is 0 Å². The average Bonchev–Trinajstić information content (AvgIpc) is 3.86. The lowest BCUT2D eigenvalue weighted by molar-refractivity contribution is -0.139. The van der Waals surface area contributed by atoms with E-state index in [0.717, 1.165) is 37.3 Å². The lowest BCUT2D eigenvalue weighted by Crippen LogP contribution is -2.36. The number of nitrogens with one attached hydrogen (secondary N) is 3. The van der Waals surface area contributed by atoms with Gasteiger partial charge in [0.2, 0.25) is 5.91 Å². The summed E-state index contributed by atoms with van der Waals surface area (Å²) in [5.74, 6) is -3.69. The Morgan fingerprint density at radius 2 is 1.70 bits per heavy atom. The first-order valence-electron chi connectivity index (χ1n) is 14.4. The fourth-order valence-corrected chi connectivity index (χ4v) is 5.15. The first-order valence-corrected chi connectivity index (χ1v) is 14.4. The monoisotopic (exact) mass is 606 g/mol. The highest BCUT2D eigenvalue weighted by molar-refractivity contribution is 6.08. The minimum Gasteiger partial charge on any atom is -0.346 e. The molecule has 43 heavy (non-hydrogen) atoms. The average molecular weight is 607 g/mol. The Balaban J connectivity index is 1.65. The van der Waals surface area contributed by atoms with Gasteiger partial charge < -0.3 is 20.9 Å². The van der Waals surface area contributed by atoms with E-state index >= 15 is 4.39 Å². The van der Waals surface area contributed by atoms with E-state index in [-0.39, 0.29) is 47.1 Å². The molecule has 0 unspecified atom stereocenters. The van der Waals surface area contributed by atoms with E-state index in [1.54, 1.807) is 29.7 Å². The predicted molar refractivity (Wildman–Crippen MR) is 152 cm³/mol. The van der Waals surface area contributed by atoms with Gasteiger partial charge in [-0.1, -0.05) is 0 Å². The van der Waals surface area contributed by atoms with Gasteiger partial charge in [-0.3, -0.25) is 19.1 Å². The zero-order chi connectivity index (χ0) is 31.6. The van der Waals surface area contributed by atoms with Crippen LogP contribution in [0.4, 0.5) is 23.2 Å². The largest absolute Gasteiger partial charge is 0.405 e. The van der Waals surface area contributed by atoms with E-state index in [4.69, 9.17) is 0 Å². The quantitative estimate of drug-likeness (QED) is 0.236. The highest BCUT2D eigenvalue weighted by atomic mass is 19.4. The number of alkyl halides is 3. The maximum Gasteiger partial charge on any atom is 0.405 e. The Labute approximate surface area is 248 Å². The molecular formula is C30H38F4N6O3. The van der Waals surface area contributed by atoms with Gasteiger partial charge in [-0.25, -0.2) is 4.39 Å². The molecule has 1 aromatic heterocycles. The Bertz CT molecular complexity index is 1390. The van der Waals surface area contributed by atoms with Gasteiger partial charge in [-0.05, 0) is 107 Å². The molecule has 9 nitrogen and oxygen atoms in total. The summed E-state index contributed by atoms with van der Waals surface area (Å²) < 4.78 is 55.0. The van der Waals surface area contributed by atoms with E-state index in [2.05, 4.69) is 15.7 Å². The lowest BCUT2D eigenvalue weighted by atomic mass is 9.93. The summed E-state index contributed by atoms with van der Waals surface area (Å²) in [6.07, 6.45) is 0.504. The van der Waals surface area contributed by atoms with Gasteiger partial charge >= 0.3 is 6.18 Å². The molecule has 0 spiro atoms. The SMILES string of the molecule is CC(C)n1nccc1C(=O)NC(C(=O)Nc1cc(CN(C)C)c([C@H](C)C(=O)NCC(F)(F)F)cc1F)=C(C1CC1)C1CC1. The van der Waals surface area contributed by atoms with Crippen LogP contribution in [0, 0.1) is 17.7 Å². The van der Waals surface area contributed by atoms with E-state index in [0.29, 0.717) is 5.56 Å². The van der Waals surface area contributed by atoms with Crippen LogP contribution < -0.4 is 16.0 Å².